The van der Waals surface area contributed by atoms with Gasteiger partial charge in [-0.25, -0.2) is 0 Å². The first-order chi connectivity index (χ1) is 6.45. The smallest absolute Gasteiger partial charge is 0.536 e. The van der Waals surface area contributed by atoms with Crippen molar-refractivity contribution in [3.05, 3.63) is 53.8 Å². The molecule has 0 spiro atoms. The van der Waals surface area contributed by atoms with Gasteiger partial charge in [-0.15, -0.1) is 0 Å². The third kappa shape index (κ3) is 3.46. The summed E-state index contributed by atoms with van der Waals surface area (Å²) in [5.41, 5.74) is 0. The van der Waals surface area contributed by atoms with Gasteiger partial charge < -0.3 is 4.43 Å². The van der Waals surface area contributed by atoms with E-state index in [1.807, 2.05) is 30.3 Å². The molecule has 0 aliphatic heterocycles. The molecule has 0 bridgehead atoms. The Morgan fingerprint density at radius 3 is 2.57 bits per heavy atom. The standard InChI is InChI=1S/C11H10OSi.Na/c1-2-6-10(7-3-1)12-13-11-8-4-5-9-11;/h1-8H,9H2;/q;+1. The maximum absolute atomic E-state index is 5.61. The summed E-state index contributed by atoms with van der Waals surface area (Å²) in [7, 11) is 0.462. The quantitative estimate of drug-likeness (QED) is 0.612. The summed E-state index contributed by atoms with van der Waals surface area (Å²) in [5, 5.41) is 1.36. The Kier molecular flexibility index (Phi) is 5.26. The van der Waals surface area contributed by atoms with Crippen LogP contribution in [0.15, 0.2) is 53.8 Å². The molecule has 1 aromatic carbocycles. The van der Waals surface area contributed by atoms with E-state index in [1.54, 1.807) is 0 Å². The van der Waals surface area contributed by atoms with Crippen molar-refractivity contribution in [2.24, 2.45) is 0 Å². The minimum Gasteiger partial charge on any atom is -0.536 e. The van der Waals surface area contributed by atoms with Crippen LogP contribution in [0.1, 0.15) is 6.42 Å². The number of allylic oxidation sites excluding steroid dienone is 4. The summed E-state index contributed by atoms with van der Waals surface area (Å²) in [6.45, 7) is 0. The monoisotopic (exact) mass is 209 g/mol. The maximum atomic E-state index is 5.61. The third-order valence-electron chi connectivity index (χ3n) is 1.81. The van der Waals surface area contributed by atoms with E-state index in [9.17, 15) is 0 Å². The predicted molar refractivity (Wildman–Crippen MR) is 54.7 cm³/mol. The van der Waals surface area contributed by atoms with Crippen molar-refractivity contribution >= 4 is 9.76 Å². The van der Waals surface area contributed by atoms with Crippen molar-refractivity contribution in [1.29, 1.82) is 0 Å². The Labute approximate surface area is 109 Å². The van der Waals surface area contributed by atoms with Gasteiger partial charge in [-0.2, -0.15) is 0 Å². The Bertz CT molecular complexity index is 332. The number of para-hydroxylation sites is 1. The molecule has 0 amide bonds. The minimum absolute atomic E-state index is 0. The zero-order valence-corrected chi connectivity index (χ0v) is 11.2. The van der Waals surface area contributed by atoms with Gasteiger partial charge >= 0.3 is 39.3 Å². The molecule has 3 heteroatoms. The predicted octanol–water partition coefficient (Wildman–Crippen LogP) is -0.468. The van der Waals surface area contributed by atoms with E-state index < -0.39 is 0 Å². The van der Waals surface area contributed by atoms with Crippen LogP contribution in [-0.4, -0.2) is 9.76 Å². The number of benzene rings is 1. The van der Waals surface area contributed by atoms with Crippen LogP contribution in [0.3, 0.4) is 0 Å². The molecule has 1 aliphatic carbocycles. The molecule has 64 valence electrons. The van der Waals surface area contributed by atoms with Crippen molar-refractivity contribution in [2.75, 3.05) is 0 Å². The van der Waals surface area contributed by atoms with Crippen LogP contribution in [0.2, 0.25) is 0 Å². The summed E-state index contributed by atoms with van der Waals surface area (Å²) >= 11 is 0. The molecule has 2 radical (unpaired) electrons. The van der Waals surface area contributed by atoms with E-state index in [0.29, 0.717) is 9.76 Å². The molecule has 0 unspecified atom stereocenters. The molecule has 0 N–H and O–H groups in total. The Morgan fingerprint density at radius 2 is 1.93 bits per heavy atom. The third-order valence-corrected chi connectivity index (χ3v) is 2.79. The first-order valence-electron chi connectivity index (χ1n) is 4.29. The van der Waals surface area contributed by atoms with Crippen molar-refractivity contribution in [2.45, 2.75) is 6.42 Å². The van der Waals surface area contributed by atoms with Crippen LogP contribution in [0, 0.1) is 0 Å². The van der Waals surface area contributed by atoms with Gasteiger partial charge in [0.15, 0.2) is 0 Å². The average Bonchev–Trinajstić information content (AvgIpc) is 2.69. The second-order valence-corrected chi connectivity index (χ2v) is 3.89. The molecular weight excluding hydrogens is 199 g/mol. The van der Waals surface area contributed by atoms with Crippen LogP contribution in [0.5, 0.6) is 5.75 Å². The van der Waals surface area contributed by atoms with E-state index in [4.69, 9.17) is 4.43 Å². The molecule has 0 saturated carbocycles. The second-order valence-electron chi connectivity index (χ2n) is 2.84. The topological polar surface area (TPSA) is 9.23 Å². The molecule has 0 aromatic heterocycles. The number of hydrogen-bond donors (Lipinski definition) is 0. The van der Waals surface area contributed by atoms with Gasteiger partial charge in [-0.05, 0) is 23.7 Å². The van der Waals surface area contributed by atoms with Gasteiger partial charge in [-0.1, -0.05) is 36.4 Å². The van der Waals surface area contributed by atoms with Gasteiger partial charge in [0.2, 0.25) is 0 Å². The van der Waals surface area contributed by atoms with Crippen LogP contribution >= 0.6 is 0 Å². The number of rotatable bonds is 3. The molecule has 2 rings (SSSR count). The average molecular weight is 209 g/mol. The zero-order valence-electron chi connectivity index (χ0n) is 8.23. The van der Waals surface area contributed by atoms with E-state index in [0.717, 1.165) is 12.2 Å². The van der Waals surface area contributed by atoms with Crippen LogP contribution in [0.4, 0.5) is 0 Å². The Balaban J connectivity index is 0.000000980. The van der Waals surface area contributed by atoms with Gasteiger partial charge in [0, 0.05) is 0 Å². The van der Waals surface area contributed by atoms with Gasteiger partial charge in [-0.3, -0.25) is 0 Å². The molecule has 0 atom stereocenters. The Morgan fingerprint density at radius 1 is 1.14 bits per heavy atom. The molecule has 1 nitrogen and oxygen atoms in total. The SMILES string of the molecule is C1=CCC([Si]Oc2ccccc2)=C1.[Na+]. The summed E-state index contributed by atoms with van der Waals surface area (Å²) in [4.78, 5) is 0. The van der Waals surface area contributed by atoms with E-state index in [2.05, 4.69) is 18.2 Å². The van der Waals surface area contributed by atoms with E-state index >= 15 is 0 Å². The number of hydrogen-bond acceptors (Lipinski definition) is 1. The Hall–Kier alpha value is -0.283. The molecule has 14 heavy (non-hydrogen) atoms. The summed E-state index contributed by atoms with van der Waals surface area (Å²) in [5.74, 6) is 0.952. The van der Waals surface area contributed by atoms with Crippen molar-refractivity contribution in [1.82, 2.24) is 0 Å². The molecular formula is C11H10NaOSi+. The van der Waals surface area contributed by atoms with Crippen LogP contribution < -0.4 is 34.0 Å². The van der Waals surface area contributed by atoms with Gasteiger partial charge in [0.25, 0.3) is 0 Å². The minimum atomic E-state index is 0. The normalized spacial score (nSPS) is 13.3. The summed E-state index contributed by atoms with van der Waals surface area (Å²) in [6.07, 6.45) is 7.40. The molecule has 1 aliphatic rings. The first kappa shape index (κ1) is 11.8. The maximum Gasteiger partial charge on any atom is 1.00 e. The fourth-order valence-corrected chi connectivity index (χ4v) is 1.89. The van der Waals surface area contributed by atoms with Crippen molar-refractivity contribution < 1.29 is 34.0 Å². The van der Waals surface area contributed by atoms with Crippen molar-refractivity contribution in [3.8, 4) is 5.75 Å². The van der Waals surface area contributed by atoms with Crippen molar-refractivity contribution in [3.63, 3.8) is 0 Å². The van der Waals surface area contributed by atoms with E-state index in [1.165, 1.54) is 5.20 Å². The molecule has 0 heterocycles. The molecule has 0 saturated heterocycles. The summed E-state index contributed by atoms with van der Waals surface area (Å²) in [6, 6.07) is 9.93. The van der Waals surface area contributed by atoms with Gasteiger partial charge in [0.05, 0.1) is 0 Å². The second kappa shape index (κ2) is 6.25. The fourth-order valence-electron chi connectivity index (χ4n) is 1.14. The zero-order chi connectivity index (χ0) is 8.93. The van der Waals surface area contributed by atoms with Crippen LogP contribution in [-0.2, 0) is 0 Å². The molecule has 0 fully saturated rings. The molecule has 1 aromatic rings. The van der Waals surface area contributed by atoms with Crippen LogP contribution in [0.25, 0.3) is 0 Å². The van der Waals surface area contributed by atoms with Gasteiger partial charge in [0.1, 0.15) is 5.75 Å². The summed E-state index contributed by atoms with van der Waals surface area (Å²) < 4.78 is 5.61. The first-order valence-corrected chi connectivity index (χ1v) is 5.19. The van der Waals surface area contributed by atoms with E-state index in [-0.39, 0.29) is 29.6 Å². The largest absolute Gasteiger partial charge is 1.00 e. The fraction of sp³-hybridized carbons (Fsp3) is 0.0909.